The molecule has 0 saturated heterocycles. The molecule has 140 valence electrons. The minimum Gasteiger partial charge on any atom is -0.550 e. The topological polar surface area (TPSA) is 89.5 Å². The lowest BCUT2D eigenvalue weighted by Gasteiger charge is -2.30. The Labute approximate surface area is 155 Å². The van der Waals surface area contributed by atoms with Gasteiger partial charge in [-0.05, 0) is 67.3 Å². The van der Waals surface area contributed by atoms with E-state index in [1.54, 1.807) is 23.1 Å². The highest BCUT2D eigenvalue weighted by molar-refractivity contribution is 6.07. The summed E-state index contributed by atoms with van der Waals surface area (Å²) >= 11 is 0. The van der Waals surface area contributed by atoms with Crippen molar-refractivity contribution in [3.63, 3.8) is 0 Å². The number of carboxylic acid groups (broad SMARTS) is 1. The lowest BCUT2D eigenvalue weighted by molar-refractivity contribution is -0.305. The summed E-state index contributed by atoms with van der Waals surface area (Å²) in [5.74, 6) is -2.29. The molecule has 1 aliphatic heterocycles. The molecule has 2 amide bonds. The molecule has 6 nitrogen and oxygen atoms in total. The summed E-state index contributed by atoms with van der Waals surface area (Å²) in [6.07, 6.45) is 1.03. The molecule has 0 fully saturated rings. The zero-order valence-electron chi connectivity index (χ0n) is 14.5. The van der Waals surface area contributed by atoms with E-state index in [2.05, 4.69) is 5.32 Å². The first-order valence-electron chi connectivity index (χ1n) is 8.64. The number of hydrogen-bond donors (Lipinski definition) is 1. The highest BCUT2D eigenvalue weighted by atomic mass is 19.1. The quantitative estimate of drug-likeness (QED) is 0.872. The lowest BCUT2D eigenvalue weighted by atomic mass is 10.00. The first-order valence-corrected chi connectivity index (χ1v) is 8.64. The van der Waals surface area contributed by atoms with Crippen molar-refractivity contribution in [2.24, 2.45) is 0 Å². The third kappa shape index (κ3) is 4.49. The minimum absolute atomic E-state index is 0.158. The normalized spacial score (nSPS) is 13.0. The van der Waals surface area contributed by atoms with E-state index in [1.807, 2.05) is 0 Å². The summed E-state index contributed by atoms with van der Waals surface area (Å²) in [4.78, 5) is 36.6. The molecule has 1 N–H and O–H groups in total. The van der Waals surface area contributed by atoms with Gasteiger partial charge in [0.1, 0.15) is 5.82 Å². The third-order valence-electron chi connectivity index (χ3n) is 4.37. The molecule has 0 bridgehead atoms. The monoisotopic (exact) mass is 369 g/mol. The lowest BCUT2D eigenvalue weighted by Crippen LogP contribution is -2.35. The molecule has 0 spiro atoms. The number of amides is 2. The van der Waals surface area contributed by atoms with Gasteiger partial charge in [-0.15, -0.1) is 0 Å². The van der Waals surface area contributed by atoms with Crippen LogP contribution in [0.25, 0.3) is 0 Å². The summed E-state index contributed by atoms with van der Waals surface area (Å²) in [6.45, 7) is 0.556. The SMILES string of the molecule is O=C([O-])CCC(=O)Nc1ccc2c(c1)CCCN2C(=O)c1ccc(F)cc1. The smallest absolute Gasteiger partial charge is 0.258 e. The van der Waals surface area contributed by atoms with E-state index in [4.69, 9.17) is 0 Å². The van der Waals surface area contributed by atoms with Gasteiger partial charge in [-0.2, -0.15) is 0 Å². The van der Waals surface area contributed by atoms with Crippen LogP contribution in [0.3, 0.4) is 0 Å². The molecule has 0 atom stereocenters. The maximum atomic E-state index is 13.1. The molecule has 0 aromatic heterocycles. The number of aryl methyl sites for hydroxylation is 1. The van der Waals surface area contributed by atoms with Gasteiger partial charge in [0.05, 0.1) is 0 Å². The summed E-state index contributed by atoms with van der Waals surface area (Å²) in [7, 11) is 0. The van der Waals surface area contributed by atoms with E-state index < -0.39 is 17.7 Å². The van der Waals surface area contributed by atoms with Crippen molar-refractivity contribution in [3.8, 4) is 0 Å². The maximum absolute atomic E-state index is 13.1. The first-order chi connectivity index (χ1) is 12.9. The van der Waals surface area contributed by atoms with Crippen LogP contribution >= 0.6 is 0 Å². The Morgan fingerprint density at radius 3 is 2.52 bits per heavy atom. The van der Waals surface area contributed by atoms with Crippen molar-refractivity contribution >= 4 is 29.2 Å². The van der Waals surface area contributed by atoms with Gasteiger partial charge in [0.2, 0.25) is 5.91 Å². The molecular weight excluding hydrogens is 351 g/mol. The number of carbonyl (C=O) groups is 3. The van der Waals surface area contributed by atoms with E-state index in [0.29, 0.717) is 17.8 Å². The van der Waals surface area contributed by atoms with Crippen LogP contribution in [0.2, 0.25) is 0 Å². The van der Waals surface area contributed by atoms with E-state index in [1.165, 1.54) is 24.3 Å². The van der Waals surface area contributed by atoms with Crippen LogP contribution in [0.5, 0.6) is 0 Å². The van der Waals surface area contributed by atoms with Crippen molar-refractivity contribution in [3.05, 3.63) is 59.4 Å². The Bertz CT molecular complexity index is 880. The zero-order valence-corrected chi connectivity index (χ0v) is 14.5. The summed E-state index contributed by atoms with van der Waals surface area (Å²) in [6, 6.07) is 10.6. The second kappa shape index (κ2) is 7.99. The second-order valence-electron chi connectivity index (χ2n) is 6.33. The minimum atomic E-state index is -1.27. The molecule has 27 heavy (non-hydrogen) atoms. The van der Waals surface area contributed by atoms with Crippen LogP contribution in [0, 0.1) is 5.82 Å². The number of hydrogen-bond acceptors (Lipinski definition) is 4. The highest BCUT2D eigenvalue weighted by Gasteiger charge is 2.24. The van der Waals surface area contributed by atoms with E-state index in [-0.39, 0.29) is 18.7 Å². The van der Waals surface area contributed by atoms with Gasteiger partial charge in [-0.1, -0.05) is 0 Å². The molecule has 7 heteroatoms. The van der Waals surface area contributed by atoms with Crippen LogP contribution in [-0.2, 0) is 16.0 Å². The standard InChI is InChI=1S/C20H19FN2O4/c21-15-5-3-13(4-6-15)20(27)23-11-1-2-14-12-16(7-8-17(14)23)22-18(24)9-10-19(25)26/h3-8,12H,1-2,9-11H2,(H,22,24)(H,25,26)/p-1. The third-order valence-corrected chi connectivity index (χ3v) is 4.37. The number of aliphatic carboxylic acids is 1. The van der Waals surface area contributed by atoms with Crippen molar-refractivity contribution in [2.75, 3.05) is 16.8 Å². The number of rotatable bonds is 5. The van der Waals surface area contributed by atoms with Gasteiger partial charge in [0.15, 0.2) is 0 Å². The number of anilines is 2. The van der Waals surface area contributed by atoms with Gasteiger partial charge in [-0.25, -0.2) is 4.39 Å². The molecule has 1 heterocycles. The van der Waals surface area contributed by atoms with Gasteiger partial charge in [0, 0.05) is 35.9 Å². The van der Waals surface area contributed by atoms with Crippen LogP contribution < -0.4 is 15.3 Å². The van der Waals surface area contributed by atoms with E-state index in [9.17, 15) is 23.9 Å². The predicted molar refractivity (Wildman–Crippen MR) is 95.7 cm³/mol. The van der Waals surface area contributed by atoms with Crippen LogP contribution in [0.1, 0.15) is 35.2 Å². The summed E-state index contributed by atoms with van der Waals surface area (Å²) in [5, 5.41) is 13.1. The van der Waals surface area contributed by atoms with E-state index >= 15 is 0 Å². The Kier molecular flexibility index (Phi) is 5.49. The molecule has 3 rings (SSSR count). The zero-order chi connectivity index (χ0) is 19.4. The fourth-order valence-electron chi connectivity index (χ4n) is 3.07. The number of fused-ring (bicyclic) bond motifs is 1. The maximum Gasteiger partial charge on any atom is 0.258 e. The summed E-state index contributed by atoms with van der Waals surface area (Å²) in [5.41, 5.74) is 2.62. The fourth-order valence-corrected chi connectivity index (χ4v) is 3.07. The van der Waals surface area contributed by atoms with Crippen molar-refractivity contribution in [1.29, 1.82) is 0 Å². The number of carbonyl (C=O) groups excluding carboxylic acids is 3. The van der Waals surface area contributed by atoms with Crippen LogP contribution in [0.4, 0.5) is 15.8 Å². The average molecular weight is 369 g/mol. The number of nitrogens with zero attached hydrogens (tertiary/aromatic N) is 1. The molecule has 2 aromatic rings. The fraction of sp³-hybridized carbons (Fsp3) is 0.250. The highest BCUT2D eigenvalue weighted by Crippen LogP contribution is 2.31. The molecule has 2 aromatic carbocycles. The molecule has 0 aliphatic carbocycles. The summed E-state index contributed by atoms with van der Waals surface area (Å²) < 4.78 is 13.1. The second-order valence-corrected chi connectivity index (χ2v) is 6.33. The number of carboxylic acids is 1. The van der Waals surface area contributed by atoms with Gasteiger partial charge in [-0.3, -0.25) is 9.59 Å². The molecule has 0 unspecified atom stereocenters. The molecule has 1 aliphatic rings. The molecule has 0 radical (unpaired) electrons. The van der Waals surface area contributed by atoms with Crippen LogP contribution in [0.15, 0.2) is 42.5 Å². The Balaban J connectivity index is 1.76. The van der Waals surface area contributed by atoms with Gasteiger partial charge in [0.25, 0.3) is 5.91 Å². The average Bonchev–Trinajstić information content (AvgIpc) is 2.66. The van der Waals surface area contributed by atoms with Crippen LogP contribution in [-0.4, -0.2) is 24.3 Å². The molecular formula is C20H18FN2O4-. The predicted octanol–water partition coefficient (Wildman–Crippen LogP) is 1.89. The van der Waals surface area contributed by atoms with Crippen molar-refractivity contribution < 1.29 is 23.9 Å². The van der Waals surface area contributed by atoms with Crippen molar-refractivity contribution in [1.82, 2.24) is 0 Å². The Morgan fingerprint density at radius 1 is 1.07 bits per heavy atom. The number of halogens is 1. The molecule has 0 saturated carbocycles. The number of nitrogens with one attached hydrogen (secondary N) is 1. The number of benzene rings is 2. The van der Waals surface area contributed by atoms with E-state index in [0.717, 1.165) is 24.1 Å². The van der Waals surface area contributed by atoms with Gasteiger partial charge >= 0.3 is 0 Å². The largest absolute Gasteiger partial charge is 0.550 e. The van der Waals surface area contributed by atoms with Gasteiger partial charge < -0.3 is 20.1 Å². The first kappa shape index (κ1) is 18.6. The Morgan fingerprint density at radius 2 is 1.81 bits per heavy atom. The Hall–Kier alpha value is -3.22. The van der Waals surface area contributed by atoms with Crippen molar-refractivity contribution in [2.45, 2.75) is 25.7 Å².